The average Bonchev–Trinajstić information content (AvgIpc) is 2.25. The maximum atomic E-state index is 12.7. The molecule has 0 amide bonds. The van der Waals surface area contributed by atoms with E-state index in [1.807, 2.05) is 0 Å². The van der Waals surface area contributed by atoms with Crippen LogP contribution in [0.15, 0.2) is 6.07 Å². The van der Waals surface area contributed by atoms with Gasteiger partial charge in [-0.3, -0.25) is 0 Å². The Bertz CT molecular complexity index is 465. The van der Waals surface area contributed by atoms with Crippen LogP contribution in [-0.4, -0.2) is 16.0 Å². The molecule has 2 unspecified atom stereocenters. The van der Waals surface area contributed by atoms with Gasteiger partial charge in [-0.05, 0) is 31.1 Å². The second kappa shape index (κ2) is 5.46. The lowest BCUT2D eigenvalue weighted by Gasteiger charge is -2.32. The van der Waals surface area contributed by atoms with Crippen molar-refractivity contribution in [3.63, 3.8) is 0 Å². The lowest BCUT2D eigenvalue weighted by atomic mass is 9.80. The summed E-state index contributed by atoms with van der Waals surface area (Å²) in [4.78, 5) is 7.08. The number of nitrogens with zero attached hydrogens (tertiary/aromatic N) is 2. The van der Waals surface area contributed by atoms with Gasteiger partial charge in [0.1, 0.15) is 5.82 Å². The Balaban J connectivity index is 2.15. The van der Waals surface area contributed by atoms with Crippen molar-refractivity contribution in [3.05, 3.63) is 11.8 Å². The van der Waals surface area contributed by atoms with Crippen molar-refractivity contribution in [3.8, 4) is 0 Å². The monoisotopic (exact) mass is 288 g/mol. The molecule has 0 aromatic carbocycles. The van der Waals surface area contributed by atoms with E-state index < -0.39 is 11.9 Å². The second-order valence-electron chi connectivity index (χ2n) is 5.75. The van der Waals surface area contributed by atoms with Crippen molar-refractivity contribution in [1.29, 1.82) is 0 Å². The van der Waals surface area contributed by atoms with Crippen LogP contribution in [0.3, 0.4) is 0 Å². The van der Waals surface area contributed by atoms with Crippen molar-refractivity contribution < 1.29 is 13.2 Å². The van der Waals surface area contributed by atoms with Gasteiger partial charge in [-0.25, -0.2) is 4.98 Å². The molecule has 3 N–H and O–H groups in total. The van der Waals surface area contributed by atoms with Gasteiger partial charge in [0.25, 0.3) is 0 Å². The summed E-state index contributed by atoms with van der Waals surface area (Å²) in [7, 11) is 0. The van der Waals surface area contributed by atoms with Gasteiger partial charge in [-0.15, -0.1) is 0 Å². The van der Waals surface area contributed by atoms with Crippen LogP contribution in [0.2, 0.25) is 0 Å². The molecule has 112 valence electrons. The number of hydrogen-bond donors (Lipinski definition) is 2. The quantitative estimate of drug-likeness (QED) is 0.876. The van der Waals surface area contributed by atoms with Crippen LogP contribution in [0.25, 0.3) is 0 Å². The molecule has 0 radical (unpaired) electrons. The van der Waals surface area contributed by atoms with Crippen LogP contribution in [0, 0.1) is 11.8 Å². The highest BCUT2D eigenvalue weighted by molar-refractivity contribution is 5.42. The number of rotatable bonds is 2. The lowest BCUT2D eigenvalue weighted by Crippen LogP contribution is -2.30. The van der Waals surface area contributed by atoms with Gasteiger partial charge in [0, 0.05) is 12.1 Å². The minimum atomic E-state index is -4.51. The van der Waals surface area contributed by atoms with Gasteiger partial charge in [0.15, 0.2) is 5.69 Å². The molecule has 1 fully saturated rings. The number of nitrogens with one attached hydrogen (secondary N) is 1. The molecular formula is C13H19F3N4. The van der Waals surface area contributed by atoms with Crippen LogP contribution in [0.4, 0.5) is 24.9 Å². The fourth-order valence-electron chi connectivity index (χ4n) is 2.96. The molecule has 7 heteroatoms. The standard InChI is InChI=1S/C13H19F3N4/c1-7-3-8(2)5-9(4-7)18-11-6-10(13(14,15)16)19-12(17)20-11/h6-9H,3-5H2,1-2H3,(H3,17,18,19,20). The molecule has 0 bridgehead atoms. The van der Waals surface area contributed by atoms with Crippen molar-refractivity contribution in [2.45, 2.75) is 45.3 Å². The third kappa shape index (κ3) is 3.74. The Morgan fingerprint density at radius 1 is 1.15 bits per heavy atom. The minimum absolute atomic E-state index is 0.129. The molecule has 0 spiro atoms. The second-order valence-corrected chi connectivity index (χ2v) is 5.75. The molecule has 1 aromatic heterocycles. The highest BCUT2D eigenvalue weighted by Gasteiger charge is 2.34. The van der Waals surface area contributed by atoms with Gasteiger partial charge in [0.2, 0.25) is 5.95 Å². The van der Waals surface area contributed by atoms with E-state index in [1.54, 1.807) is 0 Å². The molecular weight excluding hydrogens is 269 g/mol. The molecule has 1 saturated carbocycles. The SMILES string of the molecule is CC1CC(C)CC(Nc2cc(C(F)(F)F)nc(N)n2)C1. The molecule has 2 rings (SSSR count). The Labute approximate surface area is 116 Å². The maximum absolute atomic E-state index is 12.7. The molecule has 1 aliphatic rings. The van der Waals surface area contributed by atoms with Crippen LogP contribution in [-0.2, 0) is 6.18 Å². The van der Waals surface area contributed by atoms with E-state index in [4.69, 9.17) is 5.73 Å². The van der Waals surface area contributed by atoms with E-state index in [2.05, 4.69) is 29.1 Å². The number of anilines is 2. The van der Waals surface area contributed by atoms with Crippen LogP contribution < -0.4 is 11.1 Å². The highest BCUT2D eigenvalue weighted by atomic mass is 19.4. The average molecular weight is 288 g/mol. The Kier molecular flexibility index (Phi) is 4.06. The van der Waals surface area contributed by atoms with Gasteiger partial charge < -0.3 is 11.1 Å². The van der Waals surface area contributed by atoms with Gasteiger partial charge in [-0.1, -0.05) is 13.8 Å². The highest BCUT2D eigenvalue weighted by Crippen LogP contribution is 2.32. The fourth-order valence-corrected chi connectivity index (χ4v) is 2.96. The van der Waals surface area contributed by atoms with E-state index >= 15 is 0 Å². The summed E-state index contributed by atoms with van der Waals surface area (Å²) in [6.07, 6.45) is -1.51. The first kappa shape index (κ1) is 14.9. The topological polar surface area (TPSA) is 63.8 Å². The molecule has 20 heavy (non-hydrogen) atoms. The summed E-state index contributed by atoms with van der Waals surface area (Å²) in [5.41, 5.74) is 4.34. The zero-order valence-electron chi connectivity index (χ0n) is 11.5. The summed E-state index contributed by atoms with van der Waals surface area (Å²) in [5, 5.41) is 3.06. The Morgan fingerprint density at radius 3 is 2.30 bits per heavy atom. The minimum Gasteiger partial charge on any atom is -0.368 e. The maximum Gasteiger partial charge on any atom is 0.433 e. The van der Waals surface area contributed by atoms with E-state index in [9.17, 15) is 13.2 Å². The van der Waals surface area contributed by atoms with E-state index in [1.165, 1.54) is 0 Å². The van der Waals surface area contributed by atoms with E-state index in [0.29, 0.717) is 11.8 Å². The summed E-state index contributed by atoms with van der Waals surface area (Å²) >= 11 is 0. The van der Waals surface area contributed by atoms with Crippen LogP contribution in [0.1, 0.15) is 38.8 Å². The van der Waals surface area contributed by atoms with E-state index in [-0.39, 0.29) is 17.8 Å². The zero-order chi connectivity index (χ0) is 14.9. The Morgan fingerprint density at radius 2 is 1.75 bits per heavy atom. The first-order valence-corrected chi connectivity index (χ1v) is 6.72. The van der Waals surface area contributed by atoms with Crippen molar-refractivity contribution >= 4 is 11.8 Å². The molecule has 0 aliphatic heterocycles. The summed E-state index contributed by atoms with van der Waals surface area (Å²) in [6, 6.07) is 1.05. The Hall–Kier alpha value is -1.53. The van der Waals surface area contributed by atoms with Crippen molar-refractivity contribution in [2.75, 3.05) is 11.1 Å². The molecule has 1 aliphatic carbocycles. The molecule has 1 heterocycles. The van der Waals surface area contributed by atoms with E-state index in [0.717, 1.165) is 25.3 Å². The van der Waals surface area contributed by atoms with Crippen LogP contribution >= 0.6 is 0 Å². The predicted molar refractivity (Wildman–Crippen MR) is 71.0 cm³/mol. The number of nitrogen functional groups attached to an aromatic ring is 1. The van der Waals surface area contributed by atoms with Crippen LogP contribution in [0.5, 0.6) is 0 Å². The number of nitrogens with two attached hydrogens (primary N) is 1. The largest absolute Gasteiger partial charge is 0.433 e. The fraction of sp³-hybridized carbons (Fsp3) is 0.692. The van der Waals surface area contributed by atoms with Crippen molar-refractivity contribution in [2.24, 2.45) is 11.8 Å². The number of aromatic nitrogens is 2. The molecule has 2 atom stereocenters. The number of hydrogen-bond acceptors (Lipinski definition) is 4. The first-order valence-electron chi connectivity index (χ1n) is 6.72. The normalized spacial score (nSPS) is 27.4. The third-order valence-corrected chi connectivity index (χ3v) is 3.56. The number of halogens is 3. The lowest BCUT2D eigenvalue weighted by molar-refractivity contribution is -0.141. The molecule has 4 nitrogen and oxygen atoms in total. The van der Waals surface area contributed by atoms with Gasteiger partial charge >= 0.3 is 6.18 Å². The first-order chi connectivity index (χ1) is 9.24. The summed E-state index contributed by atoms with van der Waals surface area (Å²) in [5.74, 6) is 0.894. The molecule has 1 aromatic rings. The van der Waals surface area contributed by atoms with Gasteiger partial charge in [0.05, 0.1) is 0 Å². The van der Waals surface area contributed by atoms with Gasteiger partial charge in [-0.2, -0.15) is 18.2 Å². The predicted octanol–water partition coefficient (Wildman–Crippen LogP) is 3.31. The van der Waals surface area contributed by atoms with Crippen molar-refractivity contribution in [1.82, 2.24) is 9.97 Å². The molecule has 0 saturated heterocycles. The number of alkyl halides is 3. The third-order valence-electron chi connectivity index (χ3n) is 3.56. The summed E-state index contributed by atoms with van der Waals surface area (Å²) in [6.45, 7) is 4.31. The zero-order valence-corrected chi connectivity index (χ0v) is 11.5. The summed E-state index contributed by atoms with van der Waals surface area (Å²) < 4.78 is 38.0. The smallest absolute Gasteiger partial charge is 0.368 e.